The third-order valence-electron chi connectivity index (χ3n) is 4.52. The van der Waals surface area contributed by atoms with Gasteiger partial charge in [0.1, 0.15) is 24.4 Å². The monoisotopic (exact) mass is 622 g/mol. The summed E-state index contributed by atoms with van der Waals surface area (Å²) in [5.41, 5.74) is 0. The van der Waals surface area contributed by atoms with Crippen molar-refractivity contribution in [2.24, 2.45) is 5.92 Å². The summed E-state index contributed by atoms with van der Waals surface area (Å²) in [6.07, 6.45) is -9.25. The van der Waals surface area contributed by atoms with Gasteiger partial charge < -0.3 is 53.6 Å². The number of aliphatic carboxylic acids is 1. The normalized spacial score (nSPS) is 32.6. The van der Waals surface area contributed by atoms with Gasteiger partial charge in [0, 0.05) is 0 Å². The fourth-order valence-corrected chi connectivity index (χ4v) is 3.12. The van der Waals surface area contributed by atoms with Crippen LogP contribution < -0.4 is 93.8 Å². The molecule has 0 bridgehead atoms. The van der Waals surface area contributed by atoms with Gasteiger partial charge in [-0.3, -0.25) is 15.2 Å². The van der Waals surface area contributed by atoms with Gasteiger partial charge in [-0.05, 0) is 18.9 Å². The van der Waals surface area contributed by atoms with Gasteiger partial charge in [0.15, 0.2) is 6.29 Å². The Balaban J connectivity index is -0.000000463. The molecule has 5 N–H and O–H groups in total. The first-order chi connectivity index (χ1) is 15.8. The van der Waals surface area contributed by atoms with Gasteiger partial charge in [0.25, 0.3) is 6.26 Å². The van der Waals surface area contributed by atoms with Crippen molar-refractivity contribution >= 4 is 26.8 Å². The Morgan fingerprint density at radius 2 is 1.47 bits per heavy atom. The Morgan fingerprint density at radius 1 is 1.03 bits per heavy atom. The molecule has 9 atom stereocenters. The van der Waals surface area contributed by atoms with Crippen molar-refractivity contribution < 1.29 is 168 Å². The number of hydrogen-bond acceptors (Lipinski definition) is 17. The molecule has 0 aliphatic carbocycles. The molecule has 38 heavy (non-hydrogen) atoms. The molecule has 2 saturated heterocycles. The minimum absolute atomic E-state index is 0. The number of rotatable bonds is 6. The van der Waals surface area contributed by atoms with Crippen molar-refractivity contribution in [3.63, 3.8) is 0 Å². The Hall–Kier alpha value is 1.26. The molecule has 0 radical (unpaired) electrons. The van der Waals surface area contributed by atoms with Gasteiger partial charge in [-0.15, -0.1) is 0 Å². The molecule has 23 heteroatoms. The van der Waals surface area contributed by atoms with Crippen LogP contribution in [0.5, 0.6) is 0 Å². The van der Waals surface area contributed by atoms with Crippen molar-refractivity contribution in [3.8, 4) is 6.26 Å². The van der Waals surface area contributed by atoms with Gasteiger partial charge in [0.2, 0.25) is 20.8 Å². The van der Waals surface area contributed by atoms with E-state index in [1.165, 1.54) is 6.42 Å². The number of hydrogen-bond donors (Lipinski definition) is 5. The first-order valence-electron chi connectivity index (χ1n) is 9.20. The summed E-state index contributed by atoms with van der Waals surface area (Å²) in [5.74, 6) is -2.15. The molecule has 2 fully saturated rings. The topological polar surface area (TPSA) is 316 Å². The fraction of sp³-hybridized carbons (Fsp3) is 0.800. The van der Waals surface area contributed by atoms with Crippen LogP contribution in [0.1, 0.15) is 13.8 Å². The Morgan fingerprint density at radius 3 is 1.87 bits per heavy atom. The second-order valence-electron chi connectivity index (χ2n) is 6.97. The summed E-state index contributed by atoms with van der Waals surface area (Å²) < 4.78 is 84.7. The van der Waals surface area contributed by atoms with E-state index in [0.717, 1.165) is 6.26 Å². The number of aliphatic hydroxyl groups is 4. The zero-order chi connectivity index (χ0) is 27.7. The third-order valence-corrected chi connectivity index (χ3v) is 4.95. The Kier molecular flexibility index (Phi) is 25.6. The molecule has 2 aliphatic rings. The second kappa shape index (κ2) is 21.0. The van der Waals surface area contributed by atoms with Crippen LogP contribution >= 0.6 is 0 Å². The molecule has 0 aromatic heterocycles. The number of nitriles is 1. The largest absolute Gasteiger partial charge is 1.00 e. The van der Waals surface area contributed by atoms with E-state index in [1.807, 2.05) is 0 Å². The van der Waals surface area contributed by atoms with Crippen LogP contribution in [0.4, 0.5) is 0 Å². The van der Waals surface area contributed by atoms with Crippen LogP contribution in [0.15, 0.2) is 0 Å². The van der Waals surface area contributed by atoms with Crippen molar-refractivity contribution in [1.29, 1.82) is 5.26 Å². The van der Waals surface area contributed by atoms with Crippen molar-refractivity contribution in [3.05, 3.63) is 6.42 Å². The van der Waals surface area contributed by atoms with E-state index in [1.54, 1.807) is 13.8 Å². The fourth-order valence-electron chi connectivity index (χ4n) is 2.82. The van der Waals surface area contributed by atoms with Crippen molar-refractivity contribution in [1.82, 2.24) is 0 Å². The molecule has 2 rings (SSSR count). The Labute approximate surface area is 285 Å². The van der Waals surface area contributed by atoms with E-state index < -0.39 is 82.4 Å². The smallest absolute Gasteiger partial charge is 0.726 e. The molecule has 206 valence electrons. The van der Waals surface area contributed by atoms with Crippen molar-refractivity contribution in [2.45, 2.75) is 62.9 Å². The maximum atomic E-state index is 11.0. The zero-order valence-corrected chi connectivity index (χ0v) is 28.5. The van der Waals surface area contributed by atoms with Crippen LogP contribution in [-0.2, 0) is 44.0 Å². The van der Waals surface area contributed by atoms with Crippen LogP contribution in [0.2, 0.25) is 0 Å². The molecule has 4 unspecified atom stereocenters. The average Bonchev–Trinajstić information content (AvgIpc) is 2.68. The van der Waals surface area contributed by atoms with E-state index in [9.17, 15) is 38.2 Å². The molecule has 0 aromatic rings. The maximum absolute atomic E-state index is 11.0. The number of carboxylic acid groups (broad SMARTS) is 1. The minimum atomic E-state index is -4.93. The number of aliphatic hydroxyl groups excluding tert-OH is 4. The Bertz CT molecular complexity index is 925. The van der Waals surface area contributed by atoms with Crippen LogP contribution in [-0.4, -0.2) is 113 Å². The summed E-state index contributed by atoms with van der Waals surface area (Å²) >= 11 is 0. The molecule has 0 amide bonds. The first kappa shape index (κ1) is 46.2. The second-order valence-corrected chi connectivity index (χ2v) is 8.88. The summed E-state index contributed by atoms with van der Waals surface area (Å²) in [6, 6.07) is 0. The molecular weight excluding hydrogens is 599 g/mol. The molecule has 18 nitrogen and oxygen atoms in total. The van der Waals surface area contributed by atoms with E-state index >= 15 is 0 Å². The standard InChI is InChI=1S/C14H23O12S.CHNO.3Na.H2O4S/c1-5-6(2)24-7(4-23-27(20,21)22)3-8(5)25-14-11(17)9(15)10(16)12(26-14)13(18)19;2-1-3;;;;1-5(2,3)4/h3,5-12,14-17H,4H2,1-2H3,(H,18,19)(H,20,21,22);3H;;;;(H2,1,2,3,4)/q-1;;3*+1;/p-3/t5?,6-,7?,8+,9+,10+,11?,12?,14-;;;;;/m1...../s1. The zero-order valence-electron chi connectivity index (χ0n) is 20.9. The average molecular weight is 622 g/mol. The summed E-state index contributed by atoms with van der Waals surface area (Å²) in [6.45, 7) is 2.75. The number of carbonyl (C=O) groups excluding carboxylic acids is 1. The molecule has 2 aliphatic heterocycles. The van der Waals surface area contributed by atoms with E-state index in [0.29, 0.717) is 0 Å². The maximum Gasteiger partial charge on any atom is 1.00 e. The predicted octanol–water partition coefficient (Wildman–Crippen LogP) is -14.1. The minimum Gasteiger partial charge on any atom is -0.726 e. The molecule has 0 aromatic carbocycles. The first-order valence-corrected chi connectivity index (χ1v) is 11.9. The molecular formula is C15H23NNa3O17S2-. The molecule has 0 spiro atoms. The van der Waals surface area contributed by atoms with Gasteiger partial charge >= 0.3 is 88.7 Å². The SMILES string of the molecule is CC1[C@@H](O[C@@H]2OC(C(=O)[O-])[C@@H](O)[C@H](O)C2O)[CH-]C(COS(=O)(=O)[O-])O[C@@H]1C.N#CO.O=S(=O)([O-])O.[Na+].[Na+].[Na+]. The number of ether oxygens (including phenoxy) is 3. The van der Waals surface area contributed by atoms with Gasteiger partial charge in [-0.25, -0.2) is 16.8 Å². The van der Waals surface area contributed by atoms with Gasteiger partial charge in [-0.1, -0.05) is 13.0 Å². The van der Waals surface area contributed by atoms with Gasteiger partial charge in [-0.2, -0.15) is 5.26 Å². The van der Waals surface area contributed by atoms with Crippen molar-refractivity contribution in [2.75, 3.05) is 6.61 Å². The quantitative estimate of drug-likeness (QED) is 0.0603. The van der Waals surface area contributed by atoms with E-state index in [-0.39, 0.29) is 94.6 Å². The summed E-state index contributed by atoms with van der Waals surface area (Å²) in [7, 11) is -9.84. The number of nitrogens with zero attached hydrogens (tertiary/aromatic N) is 1. The van der Waals surface area contributed by atoms with Gasteiger partial charge in [0.05, 0.1) is 18.7 Å². The van der Waals surface area contributed by atoms with Crippen LogP contribution in [0.25, 0.3) is 0 Å². The van der Waals surface area contributed by atoms with Crippen LogP contribution in [0.3, 0.4) is 0 Å². The predicted molar refractivity (Wildman–Crippen MR) is 99.9 cm³/mol. The van der Waals surface area contributed by atoms with E-state index in [4.69, 9.17) is 42.1 Å². The summed E-state index contributed by atoms with van der Waals surface area (Å²) in [4.78, 5) is 11.0. The van der Waals surface area contributed by atoms with Crippen LogP contribution in [0, 0.1) is 23.9 Å². The molecule has 2 heterocycles. The number of carbonyl (C=O) groups is 1. The van der Waals surface area contributed by atoms with E-state index in [2.05, 4.69) is 4.18 Å². The summed E-state index contributed by atoms with van der Waals surface area (Å²) in [5, 5.41) is 54.2. The number of carboxylic acids is 1. The third kappa shape index (κ3) is 18.6. The molecule has 0 saturated carbocycles.